The molecule has 0 N–H and O–H groups in total. The van der Waals surface area contributed by atoms with Crippen LogP contribution < -0.4 is 0 Å². The summed E-state index contributed by atoms with van der Waals surface area (Å²) in [6.07, 6.45) is 0. The molecule has 0 radical (unpaired) electrons. The molecule has 0 nitrogen and oxygen atoms in total. The Morgan fingerprint density at radius 2 is 1.71 bits per heavy atom. The molecule has 0 heterocycles. The summed E-state index contributed by atoms with van der Waals surface area (Å²) in [5.74, 6) is -0.737. The molecule has 0 spiro atoms. The van der Waals surface area contributed by atoms with Crippen molar-refractivity contribution >= 4 is 27.5 Å². The lowest BCUT2D eigenvalue weighted by molar-refractivity contribution is 0.611. The van der Waals surface area contributed by atoms with E-state index in [1.165, 1.54) is 12.1 Å². The van der Waals surface area contributed by atoms with E-state index in [9.17, 15) is 8.78 Å². The van der Waals surface area contributed by atoms with Crippen LogP contribution in [0.15, 0.2) is 46.9 Å². The van der Waals surface area contributed by atoms with Crippen LogP contribution >= 0.6 is 27.5 Å². The third-order valence-corrected chi connectivity index (χ3v) is 3.51. The van der Waals surface area contributed by atoms with E-state index in [4.69, 9.17) is 11.6 Å². The van der Waals surface area contributed by atoms with Crippen LogP contribution in [0.5, 0.6) is 0 Å². The Balaban J connectivity index is 2.40. The first-order valence-corrected chi connectivity index (χ1v) is 6.16. The molecule has 0 bridgehead atoms. The Bertz CT molecular complexity index is 543. The van der Waals surface area contributed by atoms with Gasteiger partial charge in [-0.3, -0.25) is 0 Å². The maximum Gasteiger partial charge on any atom is 0.137 e. The van der Waals surface area contributed by atoms with E-state index in [1.54, 1.807) is 30.3 Å². The van der Waals surface area contributed by atoms with Crippen molar-refractivity contribution < 1.29 is 8.78 Å². The van der Waals surface area contributed by atoms with Crippen LogP contribution in [0.25, 0.3) is 0 Å². The Morgan fingerprint density at radius 3 is 2.35 bits per heavy atom. The Hall–Kier alpha value is -0.930. The highest BCUT2D eigenvalue weighted by molar-refractivity contribution is 9.10. The standard InChI is InChI=1S/C13H8BrClF2/c14-10-7-8(5-6-12(10)17)13(15)9-3-1-2-4-11(9)16/h1-7,13H. The van der Waals surface area contributed by atoms with E-state index in [1.807, 2.05) is 0 Å². The van der Waals surface area contributed by atoms with Gasteiger partial charge in [0.1, 0.15) is 11.6 Å². The third-order valence-electron chi connectivity index (χ3n) is 2.41. The lowest BCUT2D eigenvalue weighted by Crippen LogP contribution is -1.97. The SMILES string of the molecule is Fc1ccc(C(Cl)c2ccccc2F)cc1Br. The Labute approximate surface area is 111 Å². The number of alkyl halides is 1. The molecular weight excluding hydrogens is 309 g/mol. The largest absolute Gasteiger partial charge is 0.207 e. The van der Waals surface area contributed by atoms with Crippen LogP contribution in [0.2, 0.25) is 0 Å². The molecule has 17 heavy (non-hydrogen) atoms. The Kier molecular flexibility index (Phi) is 3.79. The molecule has 2 rings (SSSR count). The predicted octanol–water partition coefficient (Wildman–Crippen LogP) is 5.06. The fourth-order valence-corrected chi connectivity index (χ4v) is 2.24. The molecule has 2 aromatic rings. The summed E-state index contributed by atoms with van der Waals surface area (Å²) < 4.78 is 26.9. The number of hydrogen-bond acceptors (Lipinski definition) is 0. The van der Waals surface area contributed by atoms with Crippen molar-refractivity contribution in [2.75, 3.05) is 0 Å². The monoisotopic (exact) mass is 316 g/mol. The van der Waals surface area contributed by atoms with Gasteiger partial charge in [0.2, 0.25) is 0 Å². The minimum absolute atomic E-state index is 0.317. The van der Waals surface area contributed by atoms with Crippen molar-refractivity contribution in [3.63, 3.8) is 0 Å². The van der Waals surface area contributed by atoms with Gasteiger partial charge < -0.3 is 0 Å². The van der Waals surface area contributed by atoms with Crippen LogP contribution in [-0.2, 0) is 0 Å². The third kappa shape index (κ3) is 2.67. The van der Waals surface area contributed by atoms with Crippen molar-refractivity contribution in [3.05, 3.63) is 69.7 Å². The van der Waals surface area contributed by atoms with E-state index in [0.29, 0.717) is 15.6 Å². The van der Waals surface area contributed by atoms with Crippen molar-refractivity contribution in [1.82, 2.24) is 0 Å². The topological polar surface area (TPSA) is 0 Å². The van der Waals surface area contributed by atoms with E-state index in [0.717, 1.165) is 0 Å². The van der Waals surface area contributed by atoms with Gasteiger partial charge in [0, 0.05) is 5.56 Å². The molecule has 2 aromatic carbocycles. The van der Waals surface area contributed by atoms with Gasteiger partial charge in [-0.1, -0.05) is 24.3 Å². The van der Waals surface area contributed by atoms with Gasteiger partial charge in [-0.05, 0) is 39.7 Å². The lowest BCUT2D eigenvalue weighted by atomic mass is 10.0. The quantitative estimate of drug-likeness (QED) is 0.680. The zero-order valence-corrected chi connectivity index (χ0v) is 11.0. The van der Waals surface area contributed by atoms with E-state index >= 15 is 0 Å². The van der Waals surface area contributed by atoms with Crippen molar-refractivity contribution in [1.29, 1.82) is 0 Å². The van der Waals surface area contributed by atoms with Gasteiger partial charge in [-0.2, -0.15) is 0 Å². The predicted molar refractivity (Wildman–Crippen MR) is 68.2 cm³/mol. The zero-order chi connectivity index (χ0) is 12.4. The van der Waals surface area contributed by atoms with E-state index < -0.39 is 5.38 Å². The molecule has 4 heteroatoms. The second-order valence-corrected chi connectivity index (χ2v) is 4.85. The number of rotatable bonds is 2. The maximum absolute atomic E-state index is 13.5. The first kappa shape index (κ1) is 12.5. The van der Waals surface area contributed by atoms with Crippen LogP contribution in [0.1, 0.15) is 16.5 Å². The molecule has 0 amide bonds. The van der Waals surface area contributed by atoms with Crippen LogP contribution in [0.3, 0.4) is 0 Å². The number of hydrogen-bond donors (Lipinski definition) is 0. The van der Waals surface area contributed by atoms with Crippen LogP contribution in [0, 0.1) is 11.6 Å². The zero-order valence-electron chi connectivity index (χ0n) is 8.63. The molecule has 0 aliphatic heterocycles. The van der Waals surface area contributed by atoms with Gasteiger partial charge in [0.25, 0.3) is 0 Å². The van der Waals surface area contributed by atoms with Crippen molar-refractivity contribution in [3.8, 4) is 0 Å². The van der Waals surface area contributed by atoms with Crippen LogP contribution in [-0.4, -0.2) is 0 Å². The molecule has 1 atom stereocenters. The smallest absolute Gasteiger partial charge is 0.137 e. The summed E-state index contributed by atoms with van der Waals surface area (Å²) in [6, 6.07) is 10.7. The summed E-state index contributed by atoms with van der Waals surface area (Å²) in [5.41, 5.74) is 1.03. The molecule has 0 saturated carbocycles. The van der Waals surface area contributed by atoms with Crippen LogP contribution in [0.4, 0.5) is 8.78 Å². The summed E-state index contributed by atoms with van der Waals surface area (Å²) in [6.45, 7) is 0. The average Bonchev–Trinajstić information content (AvgIpc) is 2.32. The molecule has 0 aliphatic rings. The molecular formula is C13H8BrClF2. The highest BCUT2D eigenvalue weighted by Gasteiger charge is 2.15. The minimum atomic E-state index is -0.631. The first-order chi connectivity index (χ1) is 8.09. The molecule has 0 saturated heterocycles. The van der Waals surface area contributed by atoms with Crippen molar-refractivity contribution in [2.45, 2.75) is 5.38 Å². The molecule has 88 valence electrons. The number of halogens is 4. The summed E-state index contributed by atoms with van der Waals surface area (Å²) in [7, 11) is 0. The van der Waals surface area contributed by atoms with Gasteiger partial charge >= 0.3 is 0 Å². The second kappa shape index (κ2) is 5.15. The van der Waals surface area contributed by atoms with Gasteiger partial charge in [-0.25, -0.2) is 8.78 Å². The number of benzene rings is 2. The fourth-order valence-electron chi connectivity index (χ4n) is 1.53. The lowest BCUT2D eigenvalue weighted by Gasteiger charge is -2.11. The minimum Gasteiger partial charge on any atom is -0.207 e. The Morgan fingerprint density at radius 1 is 1.00 bits per heavy atom. The summed E-state index contributed by atoms with van der Waals surface area (Å²) in [4.78, 5) is 0. The van der Waals surface area contributed by atoms with E-state index in [-0.39, 0.29) is 11.6 Å². The van der Waals surface area contributed by atoms with Crippen molar-refractivity contribution in [2.24, 2.45) is 0 Å². The van der Waals surface area contributed by atoms with Gasteiger partial charge in [0.15, 0.2) is 0 Å². The first-order valence-electron chi connectivity index (χ1n) is 4.93. The highest BCUT2D eigenvalue weighted by Crippen LogP contribution is 2.32. The normalized spacial score (nSPS) is 12.5. The maximum atomic E-state index is 13.5. The van der Waals surface area contributed by atoms with Gasteiger partial charge in [0.05, 0.1) is 9.85 Å². The molecule has 1 unspecified atom stereocenters. The molecule has 0 fully saturated rings. The molecule has 0 aliphatic carbocycles. The van der Waals surface area contributed by atoms with E-state index in [2.05, 4.69) is 15.9 Å². The second-order valence-electron chi connectivity index (χ2n) is 3.56. The fraction of sp³-hybridized carbons (Fsp3) is 0.0769. The highest BCUT2D eigenvalue weighted by atomic mass is 79.9. The average molecular weight is 318 g/mol. The summed E-state index contributed by atoms with van der Waals surface area (Å²) in [5, 5.41) is -0.631. The summed E-state index contributed by atoms with van der Waals surface area (Å²) >= 11 is 9.26. The molecule has 0 aromatic heterocycles. The van der Waals surface area contributed by atoms with Gasteiger partial charge in [-0.15, -0.1) is 11.6 Å².